The number of para-hydroxylation sites is 4. The first kappa shape index (κ1) is 37.9. The lowest BCUT2D eigenvalue weighted by Crippen LogP contribution is -2.74. The molecule has 0 amide bonds. The van der Waals surface area contributed by atoms with Gasteiger partial charge in [-0.2, -0.15) is 0 Å². The van der Waals surface area contributed by atoms with Crippen LogP contribution in [0.15, 0.2) is 219 Å². The Morgan fingerprint density at radius 2 is 1.11 bits per heavy atom. The van der Waals surface area contributed by atoms with E-state index in [0.29, 0.717) is 0 Å². The summed E-state index contributed by atoms with van der Waals surface area (Å²) >= 11 is 0. The molecule has 8 aromatic carbocycles. The third-order valence-electron chi connectivity index (χ3n) is 13.7. The number of hydrogen-bond donors (Lipinski definition) is 0. The van der Waals surface area contributed by atoms with Crippen LogP contribution >= 0.6 is 0 Å². The van der Waals surface area contributed by atoms with Crippen molar-refractivity contribution in [1.29, 1.82) is 0 Å². The Labute approximate surface area is 374 Å². The molecule has 1 aliphatic heterocycles. The van der Waals surface area contributed by atoms with Gasteiger partial charge in [-0.25, -0.2) is 9.97 Å². The van der Waals surface area contributed by atoms with Crippen molar-refractivity contribution in [2.24, 2.45) is 7.05 Å². The number of nitrogens with zero attached hydrogens (tertiary/aromatic N) is 5. The van der Waals surface area contributed by atoms with E-state index >= 15 is 0 Å². The maximum atomic E-state index is 5.18. The van der Waals surface area contributed by atoms with Gasteiger partial charge in [-0.1, -0.05) is 166 Å². The summed E-state index contributed by atoms with van der Waals surface area (Å²) in [5.41, 5.74) is 11.3. The van der Waals surface area contributed by atoms with Gasteiger partial charge in [0.25, 0.3) is 0 Å². The van der Waals surface area contributed by atoms with E-state index < -0.39 is 8.07 Å². The van der Waals surface area contributed by atoms with Crippen LogP contribution in [0, 0.1) is 0 Å². The van der Waals surface area contributed by atoms with Crippen LogP contribution in [0.25, 0.3) is 50.0 Å². The molecule has 4 heterocycles. The van der Waals surface area contributed by atoms with Gasteiger partial charge in [-0.05, 0) is 92.5 Å². The van der Waals surface area contributed by atoms with Crippen LogP contribution in [0.2, 0.25) is 0 Å². The van der Waals surface area contributed by atoms with Crippen molar-refractivity contribution in [3.05, 3.63) is 230 Å². The highest BCUT2D eigenvalue weighted by molar-refractivity contribution is 7.20. The minimum atomic E-state index is -3.04. The first-order chi connectivity index (χ1) is 31.4. The Hall–Kier alpha value is -7.80. The summed E-state index contributed by atoms with van der Waals surface area (Å²) in [7, 11) is -0.914. The van der Waals surface area contributed by atoms with Gasteiger partial charge in [0, 0.05) is 40.7 Å². The second kappa shape index (κ2) is 14.7. The lowest BCUT2D eigenvalue weighted by atomic mass is 9.73. The topological polar surface area (TPSA) is 38.9 Å². The maximum Gasteiger partial charge on any atom is 0.179 e. The number of imidazole rings is 1. The SMILES string of the molecule is Cn1c(-c2cccc([Si](c3ccccc3)(c3ccccc3)c3ccc4c5cc6c(cc5n(-c5ccccn5)c4c3)N(c3ccccc3)c3ccccc3C6(C)C)c2)nc2ccccc21. The number of aryl methyl sites for hydroxylation is 1. The van der Waals surface area contributed by atoms with Gasteiger partial charge < -0.3 is 9.47 Å². The molecule has 0 fully saturated rings. The van der Waals surface area contributed by atoms with Crippen LogP contribution < -0.4 is 25.6 Å². The number of rotatable bonds is 7. The van der Waals surface area contributed by atoms with Gasteiger partial charge in [0.2, 0.25) is 0 Å². The number of hydrogen-bond acceptors (Lipinski definition) is 3. The zero-order valence-electron chi connectivity index (χ0n) is 36.0. The van der Waals surface area contributed by atoms with Gasteiger partial charge in [-0.15, -0.1) is 0 Å². The van der Waals surface area contributed by atoms with E-state index in [1.54, 1.807) is 0 Å². The van der Waals surface area contributed by atoms with E-state index in [1.165, 1.54) is 54.0 Å². The van der Waals surface area contributed by atoms with Crippen molar-refractivity contribution in [1.82, 2.24) is 19.1 Å². The Kier molecular flexibility index (Phi) is 8.68. The zero-order valence-corrected chi connectivity index (χ0v) is 37.0. The van der Waals surface area contributed by atoms with Crippen molar-refractivity contribution in [3.63, 3.8) is 0 Å². The molecule has 0 unspecified atom stereocenters. The maximum absolute atomic E-state index is 5.18. The van der Waals surface area contributed by atoms with Gasteiger partial charge in [0.1, 0.15) is 11.6 Å². The van der Waals surface area contributed by atoms with Crippen LogP contribution in [0.5, 0.6) is 0 Å². The third kappa shape index (κ3) is 5.62. The van der Waals surface area contributed by atoms with Crippen LogP contribution in [0.1, 0.15) is 25.0 Å². The molecule has 5 nitrogen and oxygen atoms in total. The predicted octanol–water partition coefficient (Wildman–Crippen LogP) is 11.2. The molecule has 0 saturated heterocycles. The molecule has 0 spiro atoms. The van der Waals surface area contributed by atoms with E-state index in [-0.39, 0.29) is 5.41 Å². The minimum Gasteiger partial charge on any atom is -0.327 e. The summed E-state index contributed by atoms with van der Waals surface area (Å²) in [6.45, 7) is 4.74. The number of benzene rings is 8. The average Bonchev–Trinajstić information content (AvgIpc) is 3.86. The van der Waals surface area contributed by atoms with Crippen LogP contribution in [-0.2, 0) is 12.5 Å². The second-order valence-electron chi connectivity index (χ2n) is 17.5. The quantitative estimate of drug-likeness (QED) is 0.119. The lowest BCUT2D eigenvalue weighted by Gasteiger charge is -2.42. The highest BCUT2D eigenvalue weighted by Crippen LogP contribution is 2.53. The van der Waals surface area contributed by atoms with E-state index in [9.17, 15) is 0 Å². The molecule has 64 heavy (non-hydrogen) atoms. The summed E-state index contributed by atoms with van der Waals surface area (Å²) in [6, 6.07) is 78.1. The summed E-state index contributed by atoms with van der Waals surface area (Å²) in [6.07, 6.45) is 1.91. The number of pyridine rings is 1. The smallest absolute Gasteiger partial charge is 0.179 e. The van der Waals surface area contributed by atoms with Crippen molar-refractivity contribution >= 4 is 78.7 Å². The zero-order chi connectivity index (χ0) is 43.0. The molecule has 0 bridgehead atoms. The van der Waals surface area contributed by atoms with Gasteiger partial charge in [0.05, 0.1) is 33.4 Å². The highest BCUT2D eigenvalue weighted by Gasteiger charge is 2.43. The van der Waals surface area contributed by atoms with Crippen molar-refractivity contribution < 1.29 is 0 Å². The standard InChI is InChI=1S/C58H45N5Si/c1-58(2)48-28-13-15-30-51(48)62(41-21-7-4-8-22-41)55-39-54-47(38-49(55)58)46-34-33-45(37-53(46)63(54)56-32-17-18-35-59-56)64(42-23-9-5-10-24-42,43-25-11-6-12-26-43)44-27-19-20-40(36-44)57-60-50-29-14-16-31-52(50)61(57)3/h4-39H,1-3H3. The normalized spacial score (nSPS) is 13.3. The molecule has 3 aromatic heterocycles. The molecule has 0 atom stereocenters. The second-order valence-corrected chi connectivity index (χ2v) is 21.3. The molecule has 12 rings (SSSR count). The summed E-state index contributed by atoms with van der Waals surface area (Å²) < 4.78 is 4.62. The highest BCUT2D eigenvalue weighted by atomic mass is 28.3. The predicted molar refractivity (Wildman–Crippen MR) is 269 cm³/mol. The van der Waals surface area contributed by atoms with Crippen molar-refractivity contribution in [3.8, 4) is 17.2 Å². The Bertz CT molecular complexity index is 3500. The van der Waals surface area contributed by atoms with Crippen LogP contribution in [-0.4, -0.2) is 27.2 Å². The van der Waals surface area contributed by atoms with Crippen LogP contribution in [0.3, 0.4) is 0 Å². The van der Waals surface area contributed by atoms with Crippen molar-refractivity contribution in [2.45, 2.75) is 19.3 Å². The Morgan fingerprint density at radius 1 is 0.469 bits per heavy atom. The Balaban J connectivity index is 1.17. The number of fused-ring (bicyclic) bond motifs is 6. The minimum absolute atomic E-state index is 0.252. The monoisotopic (exact) mass is 839 g/mol. The third-order valence-corrected chi connectivity index (χ3v) is 18.4. The first-order valence-corrected chi connectivity index (χ1v) is 24.1. The lowest BCUT2D eigenvalue weighted by molar-refractivity contribution is 0.633. The molecular weight excluding hydrogens is 795 g/mol. The van der Waals surface area contributed by atoms with E-state index in [1.807, 2.05) is 12.3 Å². The van der Waals surface area contributed by atoms with E-state index in [4.69, 9.17) is 9.97 Å². The first-order valence-electron chi connectivity index (χ1n) is 22.1. The average molecular weight is 840 g/mol. The summed E-state index contributed by atoms with van der Waals surface area (Å²) in [5.74, 6) is 1.84. The molecule has 11 aromatic rings. The summed E-state index contributed by atoms with van der Waals surface area (Å²) in [5, 5.41) is 7.63. The molecule has 0 saturated carbocycles. The molecule has 1 aliphatic rings. The number of anilines is 3. The molecule has 0 aliphatic carbocycles. The number of aromatic nitrogens is 4. The molecule has 0 radical (unpaired) electrons. The van der Waals surface area contributed by atoms with Crippen molar-refractivity contribution in [2.75, 3.05) is 4.90 Å². The molecule has 6 heteroatoms. The largest absolute Gasteiger partial charge is 0.327 e. The van der Waals surface area contributed by atoms with E-state index in [2.05, 4.69) is 241 Å². The fraction of sp³-hybridized carbons (Fsp3) is 0.0690. The summed E-state index contributed by atoms with van der Waals surface area (Å²) in [4.78, 5) is 12.7. The molecular formula is C58H45N5Si. The molecule has 0 N–H and O–H groups in total. The van der Waals surface area contributed by atoms with Gasteiger partial charge >= 0.3 is 0 Å². The fourth-order valence-corrected chi connectivity index (χ4v) is 15.5. The fourth-order valence-electron chi connectivity index (χ4n) is 10.7. The van der Waals surface area contributed by atoms with Gasteiger partial charge in [0.15, 0.2) is 8.07 Å². The van der Waals surface area contributed by atoms with Crippen LogP contribution in [0.4, 0.5) is 17.1 Å². The Morgan fingerprint density at radius 3 is 1.84 bits per heavy atom. The van der Waals surface area contributed by atoms with E-state index in [0.717, 1.165) is 45.0 Å². The molecule has 306 valence electrons. The van der Waals surface area contributed by atoms with Gasteiger partial charge in [-0.3, -0.25) is 4.57 Å².